The molecule has 0 saturated heterocycles. The number of aliphatic carboxylic acids is 1. The van der Waals surface area contributed by atoms with Crippen LogP contribution in [0.5, 0.6) is 11.5 Å². The molecule has 0 heterocycles. The van der Waals surface area contributed by atoms with Crippen LogP contribution in [-0.2, 0) is 11.2 Å². The second-order valence-electron chi connectivity index (χ2n) is 4.62. The van der Waals surface area contributed by atoms with Crippen molar-refractivity contribution in [3.8, 4) is 11.5 Å². The summed E-state index contributed by atoms with van der Waals surface area (Å²) in [6, 6.07) is 16.8. The van der Waals surface area contributed by atoms with Crippen LogP contribution in [0.3, 0.4) is 0 Å². The van der Waals surface area contributed by atoms with Crippen LogP contribution < -0.4 is 9.47 Å². The Morgan fingerprint density at radius 1 is 1.05 bits per heavy atom. The third-order valence-electron chi connectivity index (χ3n) is 3.15. The van der Waals surface area contributed by atoms with Crippen molar-refractivity contribution in [1.82, 2.24) is 0 Å². The van der Waals surface area contributed by atoms with Gasteiger partial charge < -0.3 is 14.6 Å². The average molecular weight is 286 g/mol. The quantitative estimate of drug-likeness (QED) is 0.849. The Bertz CT molecular complexity index is 580. The number of hydrogen-bond acceptors (Lipinski definition) is 3. The second-order valence-corrected chi connectivity index (χ2v) is 4.62. The van der Waals surface area contributed by atoms with Gasteiger partial charge in [0.05, 0.1) is 7.11 Å². The van der Waals surface area contributed by atoms with Gasteiger partial charge in [-0.1, -0.05) is 42.5 Å². The van der Waals surface area contributed by atoms with Crippen molar-refractivity contribution in [3.05, 3.63) is 60.2 Å². The summed E-state index contributed by atoms with van der Waals surface area (Å²) < 4.78 is 10.8. The van der Waals surface area contributed by atoms with Gasteiger partial charge in [0, 0.05) is 0 Å². The Hall–Kier alpha value is -2.49. The van der Waals surface area contributed by atoms with E-state index < -0.39 is 12.1 Å². The predicted octanol–water partition coefficient (Wildman–Crippen LogP) is 3.16. The van der Waals surface area contributed by atoms with Crippen molar-refractivity contribution in [2.75, 3.05) is 7.11 Å². The Morgan fingerprint density at radius 3 is 2.29 bits per heavy atom. The zero-order chi connectivity index (χ0) is 15.1. The van der Waals surface area contributed by atoms with E-state index in [1.807, 2.05) is 36.4 Å². The molecule has 0 radical (unpaired) electrons. The highest BCUT2D eigenvalue weighted by Gasteiger charge is 2.20. The number of rotatable bonds is 7. The van der Waals surface area contributed by atoms with Gasteiger partial charge in [-0.05, 0) is 30.5 Å². The van der Waals surface area contributed by atoms with Crippen molar-refractivity contribution in [1.29, 1.82) is 0 Å². The third-order valence-corrected chi connectivity index (χ3v) is 3.15. The summed E-state index contributed by atoms with van der Waals surface area (Å²) in [7, 11) is 1.53. The van der Waals surface area contributed by atoms with Gasteiger partial charge in [-0.25, -0.2) is 4.79 Å². The molecule has 0 bridgehead atoms. The van der Waals surface area contributed by atoms with Crippen molar-refractivity contribution in [2.24, 2.45) is 0 Å². The summed E-state index contributed by atoms with van der Waals surface area (Å²) in [5, 5.41) is 9.31. The fourth-order valence-electron chi connectivity index (χ4n) is 2.04. The van der Waals surface area contributed by atoms with E-state index in [2.05, 4.69) is 0 Å². The Morgan fingerprint density at radius 2 is 1.67 bits per heavy atom. The Kier molecular flexibility index (Phi) is 5.21. The van der Waals surface area contributed by atoms with E-state index in [0.29, 0.717) is 24.3 Å². The molecular formula is C17H18O4. The number of ether oxygens (including phenoxy) is 2. The second kappa shape index (κ2) is 7.33. The summed E-state index contributed by atoms with van der Waals surface area (Å²) >= 11 is 0. The molecule has 0 aromatic heterocycles. The highest BCUT2D eigenvalue weighted by atomic mass is 16.5. The number of carboxylic acid groups (broad SMARTS) is 1. The molecule has 0 saturated carbocycles. The van der Waals surface area contributed by atoms with Crippen LogP contribution >= 0.6 is 0 Å². The highest BCUT2D eigenvalue weighted by molar-refractivity contribution is 5.73. The first-order valence-corrected chi connectivity index (χ1v) is 6.77. The van der Waals surface area contributed by atoms with E-state index in [-0.39, 0.29) is 0 Å². The number of carboxylic acids is 1. The summed E-state index contributed by atoms with van der Waals surface area (Å²) in [5.41, 5.74) is 1.09. The van der Waals surface area contributed by atoms with Gasteiger partial charge in [-0.3, -0.25) is 0 Å². The average Bonchev–Trinajstić information content (AvgIpc) is 2.52. The summed E-state index contributed by atoms with van der Waals surface area (Å²) in [4.78, 5) is 11.4. The summed E-state index contributed by atoms with van der Waals surface area (Å²) in [5.74, 6) is 0.000704. The molecular weight excluding hydrogens is 268 g/mol. The van der Waals surface area contributed by atoms with Crippen molar-refractivity contribution >= 4 is 5.97 Å². The minimum Gasteiger partial charge on any atom is -0.493 e. The summed E-state index contributed by atoms with van der Waals surface area (Å²) in [6.07, 6.45) is 0.145. The van der Waals surface area contributed by atoms with Gasteiger partial charge in [0.1, 0.15) is 0 Å². The minimum absolute atomic E-state index is 0.400. The fraction of sp³-hybridized carbons (Fsp3) is 0.235. The molecule has 21 heavy (non-hydrogen) atoms. The Balaban J connectivity index is 2.04. The lowest BCUT2D eigenvalue weighted by Gasteiger charge is -2.17. The van der Waals surface area contributed by atoms with Crippen LogP contribution in [0.2, 0.25) is 0 Å². The van der Waals surface area contributed by atoms with Crippen molar-refractivity contribution < 1.29 is 19.4 Å². The van der Waals surface area contributed by atoms with Crippen LogP contribution in [-0.4, -0.2) is 24.3 Å². The molecule has 0 fully saturated rings. The SMILES string of the molecule is COc1ccccc1OC(CCc1ccccc1)C(=O)O. The lowest BCUT2D eigenvalue weighted by atomic mass is 10.1. The lowest BCUT2D eigenvalue weighted by molar-refractivity contribution is -0.145. The molecule has 110 valence electrons. The smallest absolute Gasteiger partial charge is 0.344 e. The largest absolute Gasteiger partial charge is 0.493 e. The monoisotopic (exact) mass is 286 g/mol. The molecule has 2 rings (SSSR count). The van der Waals surface area contributed by atoms with E-state index in [4.69, 9.17) is 9.47 Å². The molecule has 0 aliphatic heterocycles. The number of benzene rings is 2. The van der Waals surface area contributed by atoms with Crippen LogP contribution in [0.15, 0.2) is 54.6 Å². The molecule has 4 nitrogen and oxygen atoms in total. The first kappa shape index (κ1) is 14.9. The molecule has 0 amide bonds. The van der Waals surface area contributed by atoms with Gasteiger partial charge in [0.25, 0.3) is 0 Å². The van der Waals surface area contributed by atoms with E-state index in [1.54, 1.807) is 18.2 Å². The molecule has 1 N–H and O–H groups in total. The van der Waals surface area contributed by atoms with Crippen LogP contribution in [0.25, 0.3) is 0 Å². The van der Waals surface area contributed by atoms with Gasteiger partial charge in [0.2, 0.25) is 0 Å². The third kappa shape index (κ3) is 4.24. The maximum atomic E-state index is 11.4. The van der Waals surface area contributed by atoms with E-state index in [9.17, 15) is 9.90 Å². The van der Waals surface area contributed by atoms with Crippen molar-refractivity contribution in [3.63, 3.8) is 0 Å². The van der Waals surface area contributed by atoms with Gasteiger partial charge in [-0.2, -0.15) is 0 Å². The van der Waals surface area contributed by atoms with Gasteiger partial charge >= 0.3 is 5.97 Å². The molecule has 2 aromatic rings. The zero-order valence-corrected chi connectivity index (χ0v) is 11.9. The molecule has 0 aliphatic rings. The standard InChI is InChI=1S/C17H18O4/c1-20-14-9-5-6-10-15(14)21-16(17(18)19)12-11-13-7-3-2-4-8-13/h2-10,16H,11-12H2,1H3,(H,18,19). The first-order valence-electron chi connectivity index (χ1n) is 6.77. The van der Waals surface area contributed by atoms with Crippen LogP contribution in [0, 0.1) is 0 Å². The Labute approximate surface area is 123 Å². The topological polar surface area (TPSA) is 55.8 Å². The number of para-hydroxylation sites is 2. The molecule has 1 unspecified atom stereocenters. The number of aryl methyl sites for hydroxylation is 1. The van der Waals surface area contributed by atoms with E-state index in [0.717, 1.165) is 5.56 Å². The minimum atomic E-state index is -0.975. The number of hydrogen-bond donors (Lipinski definition) is 1. The van der Waals surface area contributed by atoms with Gasteiger partial charge in [-0.15, -0.1) is 0 Å². The predicted molar refractivity (Wildman–Crippen MR) is 79.8 cm³/mol. The van der Waals surface area contributed by atoms with E-state index >= 15 is 0 Å². The van der Waals surface area contributed by atoms with Crippen LogP contribution in [0.4, 0.5) is 0 Å². The fourth-order valence-corrected chi connectivity index (χ4v) is 2.04. The highest BCUT2D eigenvalue weighted by Crippen LogP contribution is 2.27. The molecule has 2 aromatic carbocycles. The molecule has 1 atom stereocenters. The van der Waals surface area contributed by atoms with E-state index in [1.165, 1.54) is 7.11 Å². The normalized spacial score (nSPS) is 11.7. The zero-order valence-electron chi connectivity index (χ0n) is 11.9. The first-order chi connectivity index (χ1) is 10.2. The van der Waals surface area contributed by atoms with Gasteiger partial charge in [0.15, 0.2) is 17.6 Å². The number of methoxy groups -OCH3 is 1. The molecule has 0 spiro atoms. The maximum absolute atomic E-state index is 11.4. The molecule has 0 aliphatic carbocycles. The maximum Gasteiger partial charge on any atom is 0.344 e. The summed E-state index contributed by atoms with van der Waals surface area (Å²) in [6.45, 7) is 0. The number of carbonyl (C=O) groups is 1. The van der Waals surface area contributed by atoms with Crippen molar-refractivity contribution in [2.45, 2.75) is 18.9 Å². The molecule has 4 heteroatoms. The van der Waals surface area contributed by atoms with Crippen LogP contribution in [0.1, 0.15) is 12.0 Å². The lowest BCUT2D eigenvalue weighted by Crippen LogP contribution is -2.27.